The second kappa shape index (κ2) is 2.79. The molecule has 0 saturated carbocycles. The van der Waals surface area contributed by atoms with E-state index in [1.54, 1.807) is 17.5 Å². The van der Waals surface area contributed by atoms with Crippen molar-refractivity contribution in [2.45, 2.75) is 19.8 Å². The zero-order valence-electron chi connectivity index (χ0n) is 6.98. The molecule has 62 valence electrons. The van der Waals surface area contributed by atoms with Crippen molar-refractivity contribution in [2.75, 3.05) is 0 Å². The molecule has 0 unspecified atom stereocenters. The molecule has 4 heteroatoms. The number of thiazole rings is 1. The van der Waals surface area contributed by atoms with Crippen LogP contribution in [0.2, 0.25) is 0 Å². The molecule has 0 saturated heterocycles. The standard InChI is InChI=1S/C8H9N3S/c1-5(2)7-8-6(3-10-11-7)9-4-12-8/h3-5H,1-2H3. The summed E-state index contributed by atoms with van der Waals surface area (Å²) in [6.45, 7) is 4.23. The maximum atomic E-state index is 4.18. The zero-order chi connectivity index (χ0) is 8.55. The van der Waals surface area contributed by atoms with Gasteiger partial charge in [0.25, 0.3) is 0 Å². The van der Waals surface area contributed by atoms with E-state index in [4.69, 9.17) is 0 Å². The lowest BCUT2D eigenvalue weighted by Gasteiger charge is -2.01. The predicted molar refractivity (Wildman–Crippen MR) is 49.3 cm³/mol. The summed E-state index contributed by atoms with van der Waals surface area (Å²) in [5.41, 5.74) is 3.84. The van der Waals surface area contributed by atoms with Gasteiger partial charge in [0.2, 0.25) is 0 Å². The van der Waals surface area contributed by atoms with E-state index >= 15 is 0 Å². The van der Waals surface area contributed by atoms with E-state index in [1.165, 1.54) is 4.70 Å². The van der Waals surface area contributed by atoms with Gasteiger partial charge in [0, 0.05) is 0 Å². The molecule has 2 rings (SSSR count). The summed E-state index contributed by atoms with van der Waals surface area (Å²) in [4.78, 5) is 4.18. The topological polar surface area (TPSA) is 38.7 Å². The third kappa shape index (κ3) is 1.08. The first-order valence-electron chi connectivity index (χ1n) is 3.84. The van der Waals surface area contributed by atoms with Gasteiger partial charge in [-0.15, -0.1) is 11.3 Å². The number of aromatic nitrogens is 3. The fraction of sp³-hybridized carbons (Fsp3) is 0.375. The van der Waals surface area contributed by atoms with Crippen molar-refractivity contribution >= 4 is 21.6 Å². The molecule has 0 amide bonds. The average molecular weight is 179 g/mol. The molecule has 2 aromatic rings. The number of rotatable bonds is 1. The molecule has 0 aromatic carbocycles. The van der Waals surface area contributed by atoms with Crippen LogP contribution in [-0.2, 0) is 0 Å². The van der Waals surface area contributed by atoms with E-state index in [2.05, 4.69) is 29.0 Å². The van der Waals surface area contributed by atoms with Gasteiger partial charge in [0.05, 0.1) is 22.1 Å². The highest BCUT2D eigenvalue weighted by Gasteiger charge is 2.08. The lowest BCUT2D eigenvalue weighted by molar-refractivity contribution is 0.800. The second-order valence-corrected chi connectivity index (χ2v) is 3.81. The van der Waals surface area contributed by atoms with Gasteiger partial charge in [-0.25, -0.2) is 4.98 Å². The fourth-order valence-electron chi connectivity index (χ4n) is 1.11. The molecule has 0 bridgehead atoms. The molecule has 0 atom stereocenters. The molecule has 12 heavy (non-hydrogen) atoms. The van der Waals surface area contributed by atoms with Crippen LogP contribution in [0.5, 0.6) is 0 Å². The molecule has 0 radical (unpaired) electrons. The molecular weight excluding hydrogens is 170 g/mol. The van der Waals surface area contributed by atoms with E-state index < -0.39 is 0 Å². The predicted octanol–water partition coefficient (Wildman–Crippen LogP) is 2.21. The van der Waals surface area contributed by atoms with Crippen LogP contribution < -0.4 is 0 Å². The summed E-state index contributed by atoms with van der Waals surface area (Å²) < 4.78 is 1.17. The summed E-state index contributed by atoms with van der Waals surface area (Å²) in [5, 5.41) is 8.00. The Balaban J connectivity index is 2.73. The largest absolute Gasteiger partial charge is 0.243 e. The summed E-state index contributed by atoms with van der Waals surface area (Å²) >= 11 is 1.63. The van der Waals surface area contributed by atoms with Crippen molar-refractivity contribution in [1.82, 2.24) is 15.2 Å². The molecule has 0 aliphatic carbocycles. The Kier molecular flexibility index (Phi) is 1.77. The van der Waals surface area contributed by atoms with Crippen molar-refractivity contribution in [2.24, 2.45) is 0 Å². The number of hydrogen-bond donors (Lipinski definition) is 0. The molecule has 0 spiro atoms. The molecular formula is C8H9N3S. The van der Waals surface area contributed by atoms with Crippen LogP contribution in [0.1, 0.15) is 25.5 Å². The quantitative estimate of drug-likeness (QED) is 0.673. The molecule has 0 N–H and O–H groups in total. The van der Waals surface area contributed by atoms with E-state index in [0.29, 0.717) is 5.92 Å². The van der Waals surface area contributed by atoms with Gasteiger partial charge in [-0.05, 0) is 5.92 Å². The minimum atomic E-state index is 0.418. The molecule has 0 aliphatic rings. The van der Waals surface area contributed by atoms with E-state index in [9.17, 15) is 0 Å². The van der Waals surface area contributed by atoms with E-state index in [1.807, 2.05) is 5.51 Å². The lowest BCUT2D eigenvalue weighted by Crippen LogP contribution is -1.94. The van der Waals surface area contributed by atoms with E-state index in [-0.39, 0.29) is 0 Å². The van der Waals surface area contributed by atoms with Crippen molar-refractivity contribution in [1.29, 1.82) is 0 Å². The fourth-order valence-corrected chi connectivity index (χ4v) is 2.00. The van der Waals surface area contributed by atoms with Crippen LogP contribution >= 0.6 is 11.3 Å². The SMILES string of the molecule is CC(C)c1nncc2ncsc12. The summed E-state index contributed by atoms with van der Waals surface area (Å²) in [6.07, 6.45) is 1.71. The van der Waals surface area contributed by atoms with Crippen LogP contribution in [-0.4, -0.2) is 15.2 Å². The molecule has 0 fully saturated rings. The molecule has 2 heterocycles. The smallest absolute Gasteiger partial charge is 0.103 e. The number of fused-ring (bicyclic) bond motifs is 1. The first kappa shape index (κ1) is 7.61. The summed E-state index contributed by atoms with van der Waals surface area (Å²) in [7, 11) is 0. The van der Waals surface area contributed by atoms with Gasteiger partial charge >= 0.3 is 0 Å². The Hall–Kier alpha value is -1.03. The van der Waals surface area contributed by atoms with Gasteiger partial charge in [0.15, 0.2) is 0 Å². The maximum absolute atomic E-state index is 4.18. The van der Waals surface area contributed by atoms with Crippen molar-refractivity contribution < 1.29 is 0 Å². The monoisotopic (exact) mass is 179 g/mol. The van der Waals surface area contributed by atoms with Gasteiger partial charge < -0.3 is 0 Å². The third-order valence-corrected chi connectivity index (χ3v) is 2.58. The van der Waals surface area contributed by atoms with E-state index in [0.717, 1.165) is 11.2 Å². The van der Waals surface area contributed by atoms with Crippen LogP contribution in [0.15, 0.2) is 11.7 Å². The third-order valence-electron chi connectivity index (χ3n) is 1.72. The number of nitrogens with zero attached hydrogens (tertiary/aromatic N) is 3. The second-order valence-electron chi connectivity index (χ2n) is 2.95. The highest BCUT2D eigenvalue weighted by molar-refractivity contribution is 7.16. The summed E-state index contributed by atoms with van der Waals surface area (Å²) in [6, 6.07) is 0. The Labute approximate surface area is 74.5 Å². The van der Waals surface area contributed by atoms with Gasteiger partial charge in [-0.1, -0.05) is 13.8 Å². The van der Waals surface area contributed by atoms with Crippen LogP contribution in [0, 0.1) is 0 Å². The molecule has 2 aromatic heterocycles. The number of hydrogen-bond acceptors (Lipinski definition) is 4. The Morgan fingerprint density at radius 3 is 3.00 bits per heavy atom. The van der Waals surface area contributed by atoms with Crippen molar-refractivity contribution in [3.8, 4) is 0 Å². The highest BCUT2D eigenvalue weighted by Crippen LogP contribution is 2.24. The zero-order valence-corrected chi connectivity index (χ0v) is 7.80. The minimum absolute atomic E-state index is 0.418. The van der Waals surface area contributed by atoms with Crippen molar-refractivity contribution in [3.63, 3.8) is 0 Å². The van der Waals surface area contributed by atoms with Gasteiger partial charge in [-0.3, -0.25) is 0 Å². The average Bonchev–Trinajstić information content (AvgIpc) is 2.49. The first-order chi connectivity index (χ1) is 5.79. The Bertz CT molecular complexity index is 394. The Morgan fingerprint density at radius 2 is 2.25 bits per heavy atom. The minimum Gasteiger partial charge on any atom is -0.243 e. The summed E-state index contributed by atoms with van der Waals surface area (Å²) in [5.74, 6) is 0.418. The Morgan fingerprint density at radius 1 is 1.42 bits per heavy atom. The first-order valence-corrected chi connectivity index (χ1v) is 4.72. The lowest BCUT2D eigenvalue weighted by atomic mass is 10.1. The normalized spacial score (nSPS) is 11.2. The van der Waals surface area contributed by atoms with Crippen LogP contribution in [0.25, 0.3) is 10.2 Å². The van der Waals surface area contributed by atoms with Crippen LogP contribution in [0.3, 0.4) is 0 Å². The molecule has 0 aliphatic heterocycles. The highest BCUT2D eigenvalue weighted by atomic mass is 32.1. The van der Waals surface area contributed by atoms with Crippen LogP contribution in [0.4, 0.5) is 0 Å². The van der Waals surface area contributed by atoms with Gasteiger partial charge in [-0.2, -0.15) is 10.2 Å². The molecule has 3 nitrogen and oxygen atoms in total. The van der Waals surface area contributed by atoms with Crippen molar-refractivity contribution in [3.05, 3.63) is 17.4 Å². The van der Waals surface area contributed by atoms with Gasteiger partial charge in [0.1, 0.15) is 5.52 Å². The maximum Gasteiger partial charge on any atom is 0.103 e.